The first-order chi connectivity index (χ1) is 5.97. The Balaban J connectivity index is 2.55. The normalized spacial score (nSPS) is 11.6. The molecule has 0 saturated heterocycles. The lowest BCUT2D eigenvalue weighted by Crippen LogP contribution is -2.19. The van der Waals surface area contributed by atoms with Crippen molar-refractivity contribution in [2.45, 2.75) is 33.0 Å². The monoisotopic (exact) mass is 182 g/mol. The summed E-state index contributed by atoms with van der Waals surface area (Å²) in [5, 5.41) is 0. The van der Waals surface area contributed by atoms with Crippen LogP contribution in [0.3, 0.4) is 0 Å². The Labute approximate surface area is 77.4 Å². The Morgan fingerprint density at radius 1 is 1.38 bits per heavy atom. The minimum absolute atomic E-state index is 0.193. The molecule has 0 atom stereocenters. The van der Waals surface area contributed by atoms with Crippen molar-refractivity contribution in [1.29, 1.82) is 0 Å². The topological polar surface area (TPSA) is 73.9 Å². The van der Waals surface area contributed by atoms with E-state index in [1.54, 1.807) is 0 Å². The van der Waals surface area contributed by atoms with E-state index in [9.17, 15) is 0 Å². The largest absolute Gasteiger partial charge is 0.368 e. The third-order valence-electron chi connectivity index (χ3n) is 1.27. The van der Waals surface area contributed by atoms with Gasteiger partial charge in [0.2, 0.25) is 5.95 Å². The second-order valence-electron chi connectivity index (χ2n) is 3.66. The van der Waals surface area contributed by atoms with Crippen LogP contribution in [-0.2, 0) is 11.3 Å². The van der Waals surface area contributed by atoms with Gasteiger partial charge in [-0.1, -0.05) is 0 Å². The Morgan fingerprint density at radius 2 is 2.08 bits per heavy atom. The van der Waals surface area contributed by atoms with Gasteiger partial charge in [-0.05, 0) is 20.8 Å². The highest BCUT2D eigenvalue weighted by molar-refractivity contribution is 5.11. The molecule has 0 aliphatic carbocycles. The zero-order valence-corrected chi connectivity index (χ0v) is 8.11. The fraction of sp³-hybridized carbons (Fsp3) is 0.625. The average molecular weight is 182 g/mol. The molecule has 0 aromatic carbocycles. The predicted octanol–water partition coefficient (Wildman–Crippen LogP) is 0.769. The molecule has 0 fully saturated rings. The van der Waals surface area contributed by atoms with Crippen LogP contribution in [0.4, 0.5) is 5.95 Å². The molecule has 0 spiro atoms. The van der Waals surface area contributed by atoms with Crippen molar-refractivity contribution in [2.75, 3.05) is 5.73 Å². The summed E-state index contributed by atoms with van der Waals surface area (Å²) in [6.07, 6.45) is 1.38. The Bertz CT molecular complexity index is 282. The number of hydrogen-bond acceptors (Lipinski definition) is 5. The van der Waals surface area contributed by atoms with Gasteiger partial charge < -0.3 is 10.5 Å². The maximum atomic E-state index is 5.46. The summed E-state index contributed by atoms with van der Waals surface area (Å²) in [6.45, 7) is 6.27. The van der Waals surface area contributed by atoms with E-state index in [-0.39, 0.29) is 11.5 Å². The first-order valence-electron chi connectivity index (χ1n) is 4.05. The van der Waals surface area contributed by atoms with Crippen LogP contribution < -0.4 is 5.73 Å². The number of rotatable bonds is 2. The van der Waals surface area contributed by atoms with Gasteiger partial charge in [0.1, 0.15) is 12.9 Å². The van der Waals surface area contributed by atoms with Gasteiger partial charge >= 0.3 is 0 Å². The number of anilines is 1. The van der Waals surface area contributed by atoms with E-state index in [0.717, 1.165) is 0 Å². The lowest BCUT2D eigenvalue weighted by molar-refractivity contribution is -0.0181. The van der Waals surface area contributed by atoms with Crippen LogP contribution in [0.15, 0.2) is 6.33 Å². The van der Waals surface area contributed by atoms with Gasteiger partial charge in [0.15, 0.2) is 5.82 Å². The van der Waals surface area contributed by atoms with Gasteiger partial charge in [0, 0.05) is 0 Å². The van der Waals surface area contributed by atoms with E-state index in [2.05, 4.69) is 15.0 Å². The molecule has 0 amide bonds. The minimum Gasteiger partial charge on any atom is -0.368 e. The van der Waals surface area contributed by atoms with Crippen molar-refractivity contribution < 1.29 is 4.74 Å². The quantitative estimate of drug-likeness (QED) is 0.731. The molecule has 0 bridgehead atoms. The summed E-state index contributed by atoms with van der Waals surface area (Å²) < 4.78 is 5.46. The molecule has 1 aromatic rings. The first-order valence-corrected chi connectivity index (χ1v) is 4.05. The average Bonchev–Trinajstić information content (AvgIpc) is 2.00. The molecule has 5 nitrogen and oxygen atoms in total. The molecule has 2 N–H and O–H groups in total. The molecular weight excluding hydrogens is 168 g/mol. The maximum Gasteiger partial charge on any atom is 0.223 e. The minimum atomic E-state index is -0.193. The van der Waals surface area contributed by atoms with Crippen LogP contribution in [0, 0.1) is 0 Å². The van der Waals surface area contributed by atoms with E-state index in [1.807, 2.05) is 20.8 Å². The predicted molar refractivity (Wildman–Crippen MR) is 48.8 cm³/mol. The Morgan fingerprint density at radius 3 is 2.62 bits per heavy atom. The smallest absolute Gasteiger partial charge is 0.223 e. The summed E-state index contributed by atoms with van der Waals surface area (Å²) in [5.41, 5.74) is 5.19. The fourth-order valence-corrected chi connectivity index (χ4v) is 0.695. The number of nitrogens with zero attached hydrogens (tertiary/aromatic N) is 3. The second kappa shape index (κ2) is 3.66. The molecule has 5 heteroatoms. The van der Waals surface area contributed by atoms with Gasteiger partial charge in [-0.2, -0.15) is 4.98 Å². The standard InChI is InChI=1S/C8H14N4O/c1-8(2,3)13-4-6-10-5-11-7(9)12-6/h5H,4H2,1-3H3,(H2,9,10,11,12). The summed E-state index contributed by atoms with van der Waals surface area (Å²) in [6, 6.07) is 0. The maximum absolute atomic E-state index is 5.46. The first kappa shape index (κ1) is 9.85. The van der Waals surface area contributed by atoms with Gasteiger partial charge in [-0.25, -0.2) is 9.97 Å². The van der Waals surface area contributed by atoms with Crippen molar-refractivity contribution in [3.05, 3.63) is 12.2 Å². The highest BCUT2D eigenvalue weighted by Gasteiger charge is 2.11. The molecule has 0 unspecified atom stereocenters. The van der Waals surface area contributed by atoms with Crippen molar-refractivity contribution in [2.24, 2.45) is 0 Å². The zero-order chi connectivity index (χ0) is 9.90. The van der Waals surface area contributed by atoms with Crippen LogP contribution in [-0.4, -0.2) is 20.6 Å². The Kier molecular flexibility index (Phi) is 2.77. The van der Waals surface area contributed by atoms with Crippen LogP contribution in [0.25, 0.3) is 0 Å². The SMILES string of the molecule is CC(C)(C)OCc1ncnc(N)n1. The molecular formula is C8H14N4O. The number of hydrogen-bond donors (Lipinski definition) is 1. The third kappa shape index (κ3) is 3.80. The third-order valence-corrected chi connectivity index (χ3v) is 1.27. The molecule has 0 radical (unpaired) electrons. The summed E-state index contributed by atoms with van der Waals surface area (Å²) >= 11 is 0. The summed E-state index contributed by atoms with van der Waals surface area (Å²) in [7, 11) is 0. The van der Waals surface area contributed by atoms with E-state index in [4.69, 9.17) is 10.5 Å². The van der Waals surface area contributed by atoms with Gasteiger partial charge in [0.05, 0.1) is 5.60 Å². The molecule has 0 aliphatic rings. The van der Waals surface area contributed by atoms with Crippen molar-refractivity contribution in [3.8, 4) is 0 Å². The number of nitrogens with two attached hydrogens (primary N) is 1. The van der Waals surface area contributed by atoms with Crippen LogP contribution >= 0.6 is 0 Å². The fourth-order valence-electron chi connectivity index (χ4n) is 0.695. The highest BCUT2D eigenvalue weighted by Crippen LogP contribution is 2.09. The molecule has 0 saturated carbocycles. The summed E-state index contributed by atoms with van der Waals surface area (Å²) in [4.78, 5) is 11.5. The van der Waals surface area contributed by atoms with E-state index in [0.29, 0.717) is 12.4 Å². The van der Waals surface area contributed by atoms with Gasteiger partial charge in [-0.15, -0.1) is 0 Å². The van der Waals surface area contributed by atoms with Crippen LogP contribution in [0.1, 0.15) is 26.6 Å². The van der Waals surface area contributed by atoms with Gasteiger partial charge in [0.25, 0.3) is 0 Å². The number of nitrogen functional groups attached to an aromatic ring is 1. The van der Waals surface area contributed by atoms with Crippen molar-refractivity contribution in [3.63, 3.8) is 0 Å². The second-order valence-corrected chi connectivity index (χ2v) is 3.66. The van der Waals surface area contributed by atoms with E-state index >= 15 is 0 Å². The molecule has 1 heterocycles. The molecule has 1 aromatic heterocycles. The van der Waals surface area contributed by atoms with Crippen molar-refractivity contribution in [1.82, 2.24) is 15.0 Å². The Hall–Kier alpha value is -1.23. The number of ether oxygens (including phenoxy) is 1. The van der Waals surface area contributed by atoms with E-state index in [1.165, 1.54) is 6.33 Å². The van der Waals surface area contributed by atoms with E-state index < -0.39 is 0 Å². The van der Waals surface area contributed by atoms with Crippen molar-refractivity contribution >= 4 is 5.95 Å². The molecule has 0 aliphatic heterocycles. The van der Waals surface area contributed by atoms with Crippen LogP contribution in [0.2, 0.25) is 0 Å². The lowest BCUT2D eigenvalue weighted by atomic mass is 10.2. The zero-order valence-electron chi connectivity index (χ0n) is 8.11. The molecule has 1 rings (SSSR count). The van der Waals surface area contributed by atoms with Crippen LogP contribution in [0.5, 0.6) is 0 Å². The van der Waals surface area contributed by atoms with Gasteiger partial charge in [-0.3, -0.25) is 0 Å². The lowest BCUT2D eigenvalue weighted by Gasteiger charge is -2.18. The number of aromatic nitrogens is 3. The molecule has 72 valence electrons. The summed E-state index contributed by atoms with van der Waals surface area (Å²) in [5.74, 6) is 0.782. The molecule has 13 heavy (non-hydrogen) atoms. The highest BCUT2D eigenvalue weighted by atomic mass is 16.5.